The molecule has 0 spiro atoms. The summed E-state index contributed by atoms with van der Waals surface area (Å²) in [5.74, 6) is 0.541. The largest absolute Gasteiger partial charge is 0.487 e. The third-order valence-electron chi connectivity index (χ3n) is 4.52. The van der Waals surface area contributed by atoms with Crippen LogP contribution in [-0.2, 0) is 4.74 Å². The lowest BCUT2D eigenvalue weighted by Crippen LogP contribution is -2.54. The van der Waals surface area contributed by atoms with Gasteiger partial charge in [0, 0.05) is 12.4 Å². The van der Waals surface area contributed by atoms with Gasteiger partial charge in [0.15, 0.2) is 0 Å². The van der Waals surface area contributed by atoms with E-state index in [1.165, 1.54) is 7.11 Å². The number of nitrogens with zero attached hydrogens (tertiary/aromatic N) is 2. The highest BCUT2D eigenvalue weighted by Crippen LogP contribution is 2.32. The molecule has 26 heavy (non-hydrogen) atoms. The molecule has 132 valence electrons. The Kier molecular flexibility index (Phi) is 4.35. The van der Waals surface area contributed by atoms with E-state index in [9.17, 15) is 4.79 Å². The smallest absolute Gasteiger partial charge is 0.340 e. The number of benzene rings is 2. The molecule has 1 aliphatic rings. The second-order valence-corrected chi connectivity index (χ2v) is 6.21. The number of anilines is 1. The van der Waals surface area contributed by atoms with Crippen LogP contribution in [0.15, 0.2) is 73.1 Å². The molecule has 0 amide bonds. The summed E-state index contributed by atoms with van der Waals surface area (Å²) in [6.07, 6.45) is 4.00. The van der Waals surface area contributed by atoms with E-state index in [-0.39, 0.29) is 12.1 Å². The summed E-state index contributed by atoms with van der Waals surface area (Å²) >= 11 is 0. The highest BCUT2D eigenvalue weighted by atomic mass is 16.5. The summed E-state index contributed by atoms with van der Waals surface area (Å²) in [5.41, 5.74) is 2.38. The van der Waals surface area contributed by atoms with E-state index in [4.69, 9.17) is 9.47 Å². The maximum absolute atomic E-state index is 12.2. The Labute approximate surface area is 152 Å². The predicted octanol–water partition coefficient (Wildman–Crippen LogP) is 3.53. The number of para-hydroxylation sites is 2. The van der Waals surface area contributed by atoms with Gasteiger partial charge < -0.3 is 18.9 Å². The minimum absolute atomic E-state index is 0.136. The number of hydrogen-bond acceptors (Lipinski definition) is 4. The molecule has 2 aromatic carbocycles. The van der Waals surface area contributed by atoms with Crippen LogP contribution in [-0.4, -0.2) is 36.8 Å². The molecule has 0 aliphatic carbocycles. The van der Waals surface area contributed by atoms with E-state index in [1.54, 1.807) is 6.07 Å². The summed E-state index contributed by atoms with van der Waals surface area (Å²) in [5, 5.41) is 0. The molecule has 0 atom stereocenters. The molecule has 0 N–H and O–H groups in total. The molecule has 0 bridgehead atoms. The Balaban J connectivity index is 1.59. The van der Waals surface area contributed by atoms with Gasteiger partial charge in [-0.05, 0) is 36.4 Å². The number of hydrogen-bond donors (Lipinski definition) is 0. The van der Waals surface area contributed by atoms with Crippen LogP contribution in [0.5, 0.6) is 5.75 Å². The number of carbonyl (C=O) groups is 1. The van der Waals surface area contributed by atoms with Gasteiger partial charge in [-0.3, -0.25) is 0 Å². The summed E-state index contributed by atoms with van der Waals surface area (Å²) in [7, 11) is 1.40. The number of rotatable bonds is 5. The first-order chi connectivity index (χ1) is 12.8. The van der Waals surface area contributed by atoms with Crippen molar-refractivity contribution in [3.63, 3.8) is 0 Å². The normalized spacial score (nSPS) is 14.0. The minimum Gasteiger partial charge on any atom is -0.487 e. The lowest BCUT2D eigenvalue weighted by atomic mass is 10.1. The standard InChI is InChI=1S/C21H20N2O3/c1-25-21(24)18-10-7-11-19(20(18)22-12-5-6-13-22)23-14-17(15-23)26-16-8-3-2-4-9-16/h2-13,17H,14-15H2,1H3. The molecule has 1 fully saturated rings. The lowest BCUT2D eigenvalue weighted by molar-refractivity contribution is 0.0601. The molecule has 0 radical (unpaired) electrons. The monoisotopic (exact) mass is 348 g/mol. The molecule has 1 aromatic heterocycles. The summed E-state index contributed by atoms with van der Waals surface area (Å²) < 4.78 is 12.9. The molecule has 0 unspecified atom stereocenters. The highest BCUT2D eigenvalue weighted by Gasteiger charge is 2.31. The van der Waals surface area contributed by atoms with Crippen molar-refractivity contribution in [2.45, 2.75) is 6.10 Å². The van der Waals surface area contributed by atoms with Crippen LogP contribution < -0.4 is 9.64 Å². The Bertz CT molecular complexity index is 885. The summed E-state index contributed by atoms with van der Waals surface area (Å²) in [4.78, 5) is 14.5. The van der Waals surface area contributed by atoms with Gasteiger partial charge in [-0.2, -0.15) is 0 Å². The van der Waals surface area contributed by atoms with Crippen LogP contribution in [0.4, 0.5) is 5.69 Å². The van der Waals surface area contributed by atoms with Crippen LogP contribution in [0.25, 0.3) is 5.69 Å². The fourth-order valence-corrected chi connectivity index (χ4v) is 3.22. The number of carbonyl (C=O) groups excluding carboxylic acids is 1. The zero-order valence-corrected chi connectivity index (χ0v) is 14.5. The average molecular weight is 348 g/mol. The number of ether oxygens (including phenoxy) is 2. The Morgan fingerprint density at radius 2 is 1.69 bits per heavy atom. The summed E-state index contributed by atoms with van der Waals surface area (Å²) in [6, 6.07) is 19.4. The van der Waals surface area contributed by atoms with Crippen LogP contribution in [0.1, 0.15) is 10.4 Å². The lowest BCUT2D eigenvalue weighted by Gasteiger charge is -2.41. The van der Waals surface area contributed by atoms with Gasteiger partial charge in [0.2, 0.25) is 0 Å². The number of aromatic nitrogens is 1. The first kappa shape index (κ1) is 16.3. The number of esters is 1. The number of methoxy groups -OCH3 is 1. The van der Waals surface area contributed by atoms with Crippen LogP contribution in [0.2, 0.25) is 0 Å². The van der Waals surface area contributed by atoms with Gasteiger partial charge in [0.25, 0.3) is 0 Å². The van der Waals surface area contributed by atoms with Crippen LogP contribution in [0, 0.1) is 0 Å². The molecule has 4 rings (SSSR count). The van der Waals surface area contributed by atoms with E-state index < -0.39 is 0 Å². The molecule has 5 nitrogen and oxygen atoms in total. The molecular formula is C21H20N2O3. The van der Waals surface area contributed by atoms with E-state index in [1.807, 2.05) is 71.6 Å². The van der Waals surface area contributed by atoms with E-state index >= 15 is 0 Å². The van der Waals surface area contributed by atoms with E-state index in [2.05, 4.69) is 4.90 Å². The van der Waals surface area contributed by atoms with Gasteiger partial charge >= 0.3 is 5.97 Å². The first-order valence-corrected chi connectivity index (χ1v) is 8.57. The maximum atomic E-state index is 12.2. The van der Waals surface area contributed by atoms with E-state index in [0.717, 1.165) is 30.2 Å². The van der Waals surface area contributed by atoms with Gasteiger partial charge in [-0.15, -0.1) is 0 Å². The quantitative estimate of drug-likeness (QED) is 0.662. The van der Waals surface area contributed by atoms with E-state index in [0.29, 0.717) is 5.56 Å². The Morgan fingerprint density at radius 1 is 0.962 bits per heavy atom. The summed E-state index contributed by atoms with van der Waals surface area (Å²) in [6.45, 7) is 1.54. The second kappa shape index (κ2) is 6.96. The van der Waals surface area contributed by atoms with Gasteiger partial charge in [-0.1, -0.05) is 24.3 Å². The van der Waals surface area contributed by atoms with Crippen molar-refractivity contribution in [3.05, 3.63) is 78.6 Å². The second-order valence-electron chi connectivity index (χ2n) is 6.21. The van der Waals surface area contributed by atoms with Crippen molar-refractivity contribution < 1.29 is 14.3 Å². The van der Waals surface area contributed by atoms with Crippen molar-refractivity contribution in [1.29, 1.82) is 0 Å². The van der Waals surface area contributed by atoms with Crippen molar-refractivity contribution >= 4 is 11.7 Å². The van der Waals surface area contributed by atoms with Gasteiger partial charge in [0.1, 0.15) is 11.9 Å². The minimum atomic E-state index is -0.340. The topological polar surface area (TPSA) is 43.7 Å². The SMILES string of the molecule is COC(=O)c1cccc(N2CC(Oc3ccccc3)C2)c1-n1cccc1. The zero-order valence-electron chi connectivity index (χ0n) is 14.5. The fourth-order valence-electron chi connectivity index (χ4n) is 3.22. The average Bonchev–Trinajstić information content (AvgIpc) is 3.18. The third-order valence-corrected chi connectivity index (χ3v) is 4.52. The van der Waals surface area contributed by atoms with Crippen LogP contribution >= 0.6 is 0 Å². The third kappa shape index (κ3) is 3.04. The predicted molar refractivity (Wildman–Crippen MR) is 100 cm³/mol. The molecule has 1 saturated heterocycles. The molecule has 2 heterocycles. The maximum Gasteiger partial charge on any atom is 0.340 e. The highest BCUT2D eigenvalue weighted by molar-refractivity contribution is 5.96. The zero-order chi connectivity index (χ0) is 17.9. The molecule has 1 aliphatic heterocycles. The van der Waals surface area contributed by atoms with Crippen molar-refractivity contribution in [1.82, 2.24) is 4.57 Å². The van der Waals surface area contributed by atoms with Crippen molar-refractivity contribution in [2.24, 2.45) is 0 Å². The fraction of sp³-hybridized carbons (Fsp3) is 0.190. The van der Waals surface area contributed by atoms with Crippen LogP contribution in [0.3, 0.4) is 0 Å². The Hall–Kier alpha value is -3.21. The van der Waals surface area contributed by atoms with Crippen molar-refractivity contribution in [2.75, 3.05) is 25.1 Å². The van der Waals surface area contributed by atoms with Gasteiger partial charge in [-0.25, -0.2) is 4.79 Å². The molecule has 0 saturated carbocycles. The molecular weight excluding hydrogens is 328 g/mol. The molecule has 3 aromatic rings. The Morgan fingerprint density at radius 3 is 2.38 bits per heavy atom. The molecule has 5 heteroatoms. The van der Waals surface area contributed by atoms with Crippen molar-refractivity contribution in [3.8, 4) is 11.4 Å². The first-order valence-electron chi connectivity index (χ1n) is 8.57. The van der Waals surface area contributed by atoms with Gasteiger partial charge in [0.05, 0.1) is 37.1 Å².